The van der Waals surface area contributed by atoms with Crippen LogP contribution in [0.15, 0.2) is 42.5 Å². The second-order valence-corrected chi connectivity index (χ2v) is 6.13. The molecule has 2 aromatic carbocycles. The lowest BCUT2D eigenvalue weighted by Crippen LogP contribution is -2.31. The first-order chi connectivity index (χ1) is 11.9. The van der Waals surface area contributed by atoms with Gasteiger partial charge < -0.3 is 15.8 Å². The van der Waals surface area contributed by atoms with E-state index in [2.05, 4.69) is 12.2 Å². The van der Waals surface area contributed by atoms with Crippen LogP contribution in [-0.2, 0) is 16.0 Å². The van der Waals surface area contributed by atoms with Crippen molar-refractivity contribution >= 4 is 29.2 Å². The van der Waals surface area contributed by atoms with Gasteiger partial charge in [-0.2, -0.15) is 0 Å². The van der Waals surface area contributed by atoms with Crippen molar-refractivity contribution < 1.29 is 14.3 Å². The number of halogens is 1. The summed E-state index contributed by atoms with van der Waals surface area (Å²) in [5, 5.41) is 3.16. The molecule has 6 heteroatoms. The molecule has 1 amide bonds. The van der Waals surface area contributed by atoms with Gasteiger partial charge in [0.2, 0.25) is 0 Å². The van der Waals surface area contributed by atoms with Crippen molar-refractivity contribution in [1.82, 2.24) is 5.32 Å². The highest BCUT2D eigenvalue weighted by Crippen LogP contribution is 2.19. The number of hydrogen-bond donors (Lipinski definition) is 2. The lowest BCUT2D eigenvalue weighted by Gasteiger charge is -2.15. The summed E-state index contributed by atoms with van der Waals surface area (Å²) in [6.45, 7) is 3.57. The van der Waals surface area contributed by atoms with Gasteiger partial charge in [0.25, 0.3) is 5.91 Å². The van der Waals surface area contributed by atoms with Crippen molar-refractivity contribution in [3.8, 4) is 0 Å². The van der Waals surface area contributed by atoms with E-state index in [1.54, 1.807) is 6.07 Å². The van der Waals surface area contributed by atoms with E-state index in [1.807, 2.05) is 31.2 Å². The molecule has 0 saturated carbocycles. The predicted octanol–water partition coefficient (Wildman–Crippen LogP) is 3.52. The normalized spacial score (nSPS) is 11.6. The van der Waals surface area contributed by atoms with E-state index in [4.69, 9.17) is 22.1 Å². The number of anilines is 1. The predicted molar refractivity (Wildman–Crippen MR) is 98.5 cm³/mol. The van der Waals surface area contributed by atoms with Gasteiger partial charge in [0.1, 0.15) is 0 Å². The van der Waals surface area contributed by atoms with E-state index >= 15 is 0 Å². The SMILES string of the molecule is CCc1ccc([C@H](C)NC(=O)COC(=O)c2cc(Cl)ccc2N)cc1. The van der Waals surface area contributed by atoms with Crippen LogP contribution >= 0.6 is 11.6 Å². The summed E-state index contributed by atoms with van der Waals surface area (Å²) in [5.41, 5.74) is 8.32. The first kappa shape index (κ1) is 18.8. The zero-order valence-corrected chi connectivity index (χ0v) is 15.0. The number of ether oxygens (including phenoxy) is 1. The van der Waals surface area contributed by atoms with E-state index in [0.29, 0.717) is 5.02 Å². The number of rotatable bonds is 6. The maximum absolute atomic E-state index is 12.0. The summed E-state index contributed by atoms with van der Waals surface area (Å²) < 4.78 is 5.01. The number of hydrogen-bond acceptors (Lipinski definition) is 4. The molecule has 25 heavy (non-hydrogen) atoms. The minimum atomic E-state index is -0.685. The fourth-order valence-corrected chi connectivity index (χ4v) is 2.49. The van der Waals surface area contributed by atoms with Gasteiger partial charge in [-0.3, -0.25) is 4.79 Å². The largest absolute Gasteiger partial charge is 0.452 e. The Morgan fingerprint density at radius 2 is 1.88 bits per heavy atom. The number of nitrogens with one attached hydrogen (secondary N) is 1. The molecular weight excluding hydrogens is 340 g/mol. The molecule has 2 aromatic rings. The van der Waals surface area contributed by atoms with Crippen LogP contribution in [0, 0.1) is 0 Å². The third-order valence-electron chi connectivity index (χ3n) is 3.84. The van der Waals surface area contributed by atoms with Gasteiger partial charge in [-0.15, -0.1) is 0 Å². The van der Waals surface area contributed by atoms with E-state index in [9.17, 15) is 9.59 Å². The summed E-state index contributed by atoms with van der Waals surface area (Å²) >= 11 is 5.84. The maximum atomic E-state index is 12.0. The molecule has 0 aromatic heterocycles. The second-order valence-electron chi connectivity index (χ2n) is 5.69. The number of carbonyl (C=O) groups excluding carboxylic acids is 2. The van der Waals surface area contributed by atoms with Gasteiger partial charge in [-0.05, 0) is 42.7 Å². The second kappa shape index (κ2) is 8.53. The molecule has 0 unspecified atom stereocenters. The zero-order chi connectivity index (χ0) is 18.4. The molecule has 0 aliphatic carbocycles. The Morgan fingerprint density at radius 1 is 1.20 bits per heavy atom. The monoisotopic (exact) mass is 360 g/mol. The van der Waals surface area contributed by atoms with Crippen LogP contribution in [0.4, 0.5) is 5.69 Å². The Balaban J connectivity index is 1.89. The van der Waals surface area contributed by atoms with Crippen molar-refractivity contribution in [3.63, 3.8) is 0 Å². The molecular formula is C19H21ClN2O3. The van der Waals surface area contributed by atoms with Crippen LogP contribution in [0.1, 0.15) is 41.4 Å². The highest BCUT2D eigenvalue weighted by atomic mass is 35.5. The number of amides is 1. The molecule has 0 radical (unpaired) electrons. The summed E-state index contributed by atoms with van der Waals surface area (Å²) in [5.74, 6) is -1.07. The molecule has 3 N–H and O–H groups in total. The number of carbonyl (C=O) groups is 2. The van der Waals surface area contributed by atoms with Gasteiger partial charge in [-0.25, -0.2) is 4.79 Å². The molecule has 0 fully saturated rings. The number of nitrogens with two attached hydrogens (primary N) is 1. The Morgan fingerprint density at radius 3 is 2.52 bits per heavy atom. The zero-order valence-electron chi connectivity index (χ0n) is 14.2. The van der Waals surface area contributed by atoms with Gasteiger partial charge >= 0.3 is 5.97 Å². The molecule has 132 valence electrons. The average molecular weight is 361 g/mol. The van der Waals surface area contributed by atoms with E-state index < -0.39 is 5.97 Å². The first-order valence-electron chi connectivity index (χ1n) is 8.01. The Hall–Kier alpha value is -2.53. The summed E-state index contributed by atoms with van der Waals surface area (Å²) in [6, 6.07) is 12.3. The summed E-state index contributed by atoms with van der Waals surface area (Å²) in [4.78, 5) is 24.0. The molecule has 2 rings (SSSR count). The van der Waals surface area contributed by atoms with Crippen molar-refractivity contribution in [2.24, 2.45) is 0 Å². The number of benzene rings is 2. The Bertz CT molecular complexity index is 760. The smallest absolute Gasteiger partial charge is 0.340 e. The molecule has 0 heterocycles. The van der Waals surface area contributed by atoms with Crippen molar-refractivity contribution in [3.05, 3.63) is 64.2 Å². The standard InChI is InChI=1S/C19H21ClN2O3/c1-3-13-4-6-14(7-5-13)12(2)22-18(23)11-25-19(24)16-10-15(20)8-9-17(16)21/h4-10,12H,3,11,21H2,1-2H3,(H,22,23)/t12-/m0/s1. The van der Waals surface area contributed by atoms with E-state index in [1.165, 1.54) is 17.7 Å². The number of aryl methyl sites for hydroxylation is 1. The fraction of sp³-hybridized carbons (Fsp3) is 0.263. The molecule has 0 spiro atoms. The van der Waals surface area contributed by atoms with Crippen LogP contribution in [0.2, 0.25) is 5.02 Å². The van der Waals surface area contributed by atoms with Gasteiger partial charge in [0, 0.05) is 10.7 Å². The van der Waals surface area contributed by atoms with Crippen molar-refractivity contribution in [2.75, 3.05) is 12.3 Å². The van der Waals surface area contributed by atoms with Gasteiger partial charge in [-0.1, -0.05) is 42.8 Å². The molecule has 0 bridgehead atoms. The van der Waals surface area contributed by atoms with Crippen LogP contribution in [0.5, 0.6) is 0 Å². The molecule has 0 saturated heterocycles. The summed E-state index contributed by atoms with van der Waals surface area (Å²) in [7, 11) is 0. The van der Waals surface area contributed by atoms with Gasteiger partial charge in [0.05, 0.1) is 11.6 Å². The van der Waals surface area contributed by atoms with Crippen LogP contribution in [-0.4, -0.2) is 18.5 Å². The molecule has 5 nitrogen and oxygen atoms in total. The fourth-order valence-electron chi connectivity index (χ4n) is 2.32. The van der Waals surface area contributed by atoms with Crippen LogP contribution in [0.25, 0.3) is 0 Å². The average Bonchev–Trinajstić information content (AvgIpc) is 2.61. The lowest BCUT2D eigenvalue weighted by atomic mass is 10.1. The number of esters is 1. The molecule has 0 aliphatic heterocycles. The minimum Gasteiger partial charge on any atom is -0.452 e. The Labute approximate surface area is 152 Å². The van der Waals surface area contributed by atoms with Crippen LogP contribution < -0.4 is 11.1 Å². The van der Waals surface area contributed by atoms with Crippen molar-refractivity contribution in [1.29, 1.82) is 0 Å². The van der Waals surface area contributed by atoms with E-state index in [-0.39, 0.29) is 29.8 Å². The topological polar surface area (TPSA) is 81.4 Å². The van der Waals surface area contributed by atoms with E-state index in [0.717, 1.165) is 12.0 Å². The maximum Gasteiger partial charge on any atom is 0.340 e. The van der Waals surface area contributed by atoms with Gasteiger partial charge in [0.15, 0.2) is 6.61 Å². The highest BCUT2D eigenvalue weighted by molar-refractivity contribution is 6.31. The number of nitrogen functional groups attached to an aromatic ring is 1. The summed E-state index contributed by atoms with van der Waals surface area (Å²) in [6.07, 6.45) is 0.962. The quantitative estimate of drug-likeness (QED) is 0.610. The minimum absolute atomic E-state index is 0.142. The third-order valence-corrected chi connectivity index (χ3v) is 4.07. The lowest BCUT2D eigenvalue weighted by molar-refractivity contribution is -0.124. The van der Waals surface area contributed by atoms with Crippen molar-refractivity contribution in [2.45, 2.75) is 26.3 Å². The highest BCUT2D eigenvalue weighted by Gasteiger charge is 2.15. The van der Waals surface area contributed by atoms with Crippen LogP contribution in [0.3, 0.4) is 0 Å². The molecule has 1 atom stereocenters. The third kappa shape index (κ3) is 5.22. The Kier molecular flexibility index (Phi) is 6.42. The molecule has 0 aliphatic rings. The first-order valence-corrected chi connectivity index (χ1v) is 8.38.